The van der Waals surface area contributed by atoms with Crippen molar-refractivity contribution in [3.63, 3.8) is 0 Å². The third-order valence-electron chi connectivity index (χ3n) is 4.54. The lowest BCUT2D eigenvalue weighted by molar-refractivity contribution is 0.361. The maximum absolute atomic E-state index is 3.20. The second-order valence-electron chi connectivity index (χ2n) is 6.61. The van der Waals surface area contributed by atoms with Crippen LogP contribution in [0.3, 0.4) is 0 Å². The van der Waals surface area contributed by atoms with E-state index >= 15 is 0 Å². The van der Waals surface area contributed by atoms with Gasteiger partial charge in [0.15, 0.2) is 0 Å². The molecule has 0 aromatic rings. The van der Waals surface area contributed by atoms with Gasteiger partial charge < -0.3 is 0 Å². The molecule has 0 fully saturated rings. The molecule has 0 spiro atoms. The Morgan fingerprint density at radius 2 is 1.15 bits per heavy atom. The van der Waals surface area contributed by atoms with Crippen molar-refractivity contribution in [3.8, 4) is 0 Å². The van der Waals surface area contributed by atoms with Gasteiger partial charge in [-0.25, -0.2) is 0 Å². The van der Waals surface area contributed by atoms with Crippen LogP contribution in [0.25, 0.3) is 0 Å². The second-order valence-corrected chi connectivity index (χ2v) is 9.43. The van der Waals surface area contributed by atoms with E-state index in [4.69, 9.17) is 0 Å². The van der Waals surface area contributed by atoms with Gasteiger partial charge in [0.25, 0.3) is 0 Å². The predicted octanol–water partition coefficient (Wildman–Crippen LogP) is 7.18. The molecule has 0 aliphatic rings. The van der Waals surface area contributed by atoms with Crippen LogP contribution in [0.15, 0.2) is 0 Å². The van der Waals surface area contributed by atoms with Crippen molar-refractivity contribution in [2.75, 3.05) is 0 Å². The Balaban J connectivity index is 4.17. The van der Waals surface area contributed by atoms with Crippen molar-refractivity contribution in [2.45, 2.75) is 109 Å². The molecule has 0 aromatic heterocycles. The van der Waals surface area contributed by atoms with Gasteiger partial charge in [0.05, 0.1) is 0 Å². The van der Waals surface area contributed by atoms with Crippen molar-refractivity contribution >= 4 is 18.5 Å². The fourth-order valence-corrected chi connectivity index (χ4v) is 4.09. The molecule has 122 valence electrons. The van der Waals surface area contributed by atoms with Crippen molar-refractivity contribution in [2.24, 2.45) is 5.92 Å². The van der Waals surface area contributed by atoms with Gasteiger partial charge in [0, 0.05) is 4.90 Å². The molecule has 0 saturated carbocycles. The average molecular weight is 318 g/mol. The predicted molar refractivity (Wildman–Crippen MR) is 103 cm³/mol. The van der Waals surface area contributed by atoms with E-state index in [-0.39, 0.29) is 0 Å². The molecule has 0 N–H and O–H groups in total. The Bertz CT molecular complexity index is 202. The van der Waals surface area contributed by atoms with Crippen molar-refractivity contribution in [3.05, 3.63) is 0 Å². The van der Waals surface area contributed by atoms with Crippen LogP contribution in [0, 0.1) is 5.92 Å². The van der Waals surface area contributed by atoms with Crippen LogP contribution in [0.2, 0.25) is 0 Å². The molecule has 0 heterocycles. The summed E-state index contributed by atoms with van der Waals surface area (Å²) in [5, 5.41) is 0. The molecule has 0 aromatic carbocycles. The van der Waals surface area contributed by atoms with Crippen LogP contribution < -0.4 is 0 Å². The highest BCUT2D eigenvalue weighted by Crippen LogP contribution is 2.44. The van der Waals surface area contributed by atoms with E-state index in [2.05, 4.69) is 39.3 Å². The fraction of sp³-hybridized carbons (Fsp3) is 1.00. The number of unbranched alkanes of at least 4 members (excludes halogenated alkanes) is 7. The third kappa shape index (κ3) is 10.6. The SMILES string of the molecule is CCCCCCC(CCCC)C(P)(P)CCCCCC. The molecular weight excluding hydrogens is 278 g/mol. The van der Waals surface area contributed by atoms with Gasteiger partial charge in [-0.15, -0.1) is 18.5 Å². The molecule has 20 heavy (non-hydrogen) atoms. The Labute approximate surface area is 134 Å². The first kappa shape index (κ1) is 20.9. The van der Waals surface area contributed by atoms with E-state index in [0.29, 0.717) is 4.90 Å². The van der Waals surface area contributed by atoms with Crippen LogP contribution in [0.5, 0.6) is 0 Å². The monoisotopic (exact) mass is 318 g/mol. The molecular formula is C18H40P2. The number of hydrogen-bond acceptors (Lipinski definition) is 0. The topological polar surface area (TPSA) is 0 Å². The Kier molecular flexibility index (Phi) is 14.1. The summed E-state index contributed by atoms with van der Waals surface area (Å²) in [5.41, 5.74) is 0. The van der Waals surface area contributed by atoms with Gasteiger partial charge in [0.2, 0.25) is 0 Å². The number of hydrogen-bond donors (Lipinski definition) is 0. The zero-order valence-electron chi connectivity index (χ0n) is 14.4. The van der Waals surface area contributed by atoms with E-state index in [1.165, 1.54) is 83.5 Å². The van der Waals surface area contributed by atoms with E-state index in [1.807, 2.05) is 0 Å². The maximum Gasteiger partial charge on any atom is 0.00209 e. The van der Waals surface area contributed by atoms with Crippen molar-refractivity contribution < 1.29 is 0 Å². The maximum atomic E-state index is 3.20. The molecule has 0 bridgehead atoms. The summed E-state index contributed by atoms with van der Waals surface area (Å²) in [4.78, 5) is 0.398. The first-order valence-corrected chi connectivity index (χ1v) is 10.3. The molecule has 0 saturated heterocycles. The lowest BCUT2D eigenvalue weighted by atomic mass is 9.89. The molecule has 0 rings (SSSR count). The molecule has 0 aliphatic heterocycles. The summed E-state index contributed by atoms with van der Waals surface area (Å²) in [6, 6.07) is 0. The van der Waals surface area contributed by atoms with Crippen LogP contribution in [-0.4, -0.2) is 4.90 Å². The highest BCUT2D eigenvalue weighted by Gasteiger charge is 2.28. The molecule has 3 atom stereocenters. The normalized spacial score (nSPS) is 13.7. The molecule has 0 radical (unpaired) electrons. The molecule has 2 heteroatoms. The van der Waals surface area contributed by atoms with Gasteiger partial charge in [-0.05, 0) is 25.2 Å². The van der Waals surface area contributed by atoms with Crippen LogP contribution in [0.4, 0.5) is 0 Å². The molecule has 0 aliphatic carbocycles. The minimum Gasteiger partial charge on any atom is -0.127 e. The highest BCUT2D eigenvalue weighted by molar-refractivity contribution is 7.39. The summed E-state index contributed by atoms with van der Waals surface area (Å²) in [6.45, 7) is 6.92. The Hall–Kier alpha value is 0.860. The van der Waals surface area contributed by atoms with Crippen molar-refractivity contribution in [1.29, 1.82) is 0 Å². The van der Waals surface area contributed by atoms with E-state index in [1.54, 1.807) is 0 Å². The quantitative estimate of drug-likeness (QED) is 0.235. The summed E-state index contributed by atoms with van der Waals surface area (Å²) < 4.78 is 0. The van der Waals surface area contributed by atoms with Gasteiger partial charge in [-0.3, -0.25) is 0 Å². The summed E-state index contributed by atoms with van der Waals surface area (Å²) in [7, 11) is 6.39. The minimum absolute atomic E-state index is 0.398. The standard InChI is InChI=1S/C18H40P2/c1-4-7-10-12-15-17(14-9-6-3)18(19,20)16-13-11-8-5-2/h17H,4-16,19-20H2,1-3H3. The smallest absolute Gasteiger partial charge is 0.00209 e. The second kappa shape index (κ2) is 13.5. The van der Waals surface area contributed by atoms with Gasteiger partial charge in [-0.2, -0.15) is 0 Å². The van der Waals surface area contributed by atoms with E-state index in [9.17, 15) is 0 Å². The van der Waals surface area contributed by atoms with Gasteiger partial charge >= 0.3 is 0 Å². The van der Waals surface area contributed by atoms with Crippen LogP contribution in [-0.2, 0) is 0 Å². The average Bonchev–Trinajstić information content (AvgIpc) is 2.42. The van der Waals surface area contributed by atoms with E-state index in [0.717, 1.165) is 5.92 Å². The molecule has 0 amide bonds. The van der Waals surface area contributed by atoms with E-state index < -0.39 is 0 Å². The Morgan fingerprint density at radius 3 is 1.70 bits per heavy atom. The highest BCUT2D eigenvalue weighted by atomic mass is 31.1. The molecule has 3 unspecified atom stereocenters. The van der Waals surface area contributed by atoms with Crippen molar-refractivity contribution in [1.82, 2.24) is 0 Å². The Morgan fingerprint density at radius 1 is 0.650 bits per heavy atom. The summed E-state index contributed by atoms with van der Waals surface area (Å²) in [5.74, 6) is 0.885. The number of rotatable bonds is 14. The van der Waals surface area contributed by atoms with Gasteiger partial charge in [0.1, 0.15) is 0 Å². The molecule has 0 nitrogen and oxygen atoms in total. The largest absolute Gasteiger partial charge is 0.127 e. The third-order valence-corrected chi connectivity index (χ3v) is 6.06. The van der Waals surface area contributed by atoms with Crippen LogP contribution in [0.1, 0.15) is 104 Å². The van der Waals surface area contributed by atoms with Gasteiger partial charge in [-0.1, -0.05) is 85.0 Å². The first-order valence-electron chi connectivity index (χ1n) is 9.16. The lowest BCUT2D eigenvalue weighted by Crippen LogP contribution is -2.24. The first-order chi connectivity index (χ1) is 9.58. The zero-order chi connectivity index (χ0) is 15.3. The minimum atomic E-state index is 0.398. The lowest BCUT2D eigenvalue weighted by Gasteiger charge is -2.34. The summed E-state index contributed by atoms with van der Waals surface area (Å²) >= 11 is 0. The summed E-state index contributed by atoms with van der Waals surface area (Å²) in [6.07, 6.45) is 18.1. The van der Waals surface area contributed by atoms with Crippen LogP contribution >= 0.6 is 18.5 Å². The zero-order valence-corrected chi connectivity index (χ0v) is 16.7. The fourth-order valence-electron chi connectivity index (χ4n) is 3.01.